The first-order valence-corrected chi connectivity index (χ1v) is 7.49. The van der Waals surface area contributed by atoms with E-state index in [1.54, 1.807) is 36.4 Å². The van der Waals surface area contributed by atoms with Crippen LogP contribution in [-0.4, -0.2) is 18.2 Å². The van der Waals surface area contributed by atoms with E-state index in [1.807, 2.05) is 30.3 Å². The van der Waals surface area contributed by atoms with Crippen molar-refractivity contribution in [2.45, 2.75) is 5.60 Å². The van der Waals surface area contributed by atoms with Crippen molar-refractivity contribution in [2.24, 2.45) is 0 Å². The molecule has 4 heteroatoms. The van der Waals surface area contributed by atoms with Gasteiger partial charge >= 0.3 is 5.97 Å². The molecule has 3 nitrogen and oxygen atoms in total. The van der Waals surface area contributed by atoms with E-state index >= 15 is 0 Å². The van der Waals surface area contributed by atoms with Gasteiger partial charge in [0.2, 0.25) is 5.60 Å². The van der Waals surface area contributed by atoms with Gasteiger partial charge in [0.25, 0.3) is 0 Å². The predicted octanol–water partition coefficient (Wildman–Crippen LogP) is 3.90. The number of hydrogen-bond donors (Lipinski definition) is 1. The van der Waals surface area contributed by atoms with Crippen molar-refractivity contribution in [1.29, 1.82) is 0 Å². The number of aliphatic hydroxyl groups is 1. The Morgan fingerprint density at radius 1 is 0.957 bits per heavy atom. The van der Waals surface area contributed by atoms with Gasteiger partial charge < -0.3 is 9.84 Å². The van der Waals surface area contributed by atoms with Gasteiger partial charge in [-0.25, -0.2) is 4.79 Å². The average molecular weight is 327 g/mol. The molecule has 0 aliphatic carbocycles. The second-order valence-corrected chi connectivity index (χ2v) is 5.71. The van der Waals surface area contributed by atoms with Crippen LogP contribution in [0, 0.1) is 0 Å². The van der Waals surface area contributed by atoms with Crippen molar-refractivity contribution in [3.63, 3.8) is 0 Å². The highest BCUT2D eigenvalue weighted by Gasteiger charge is 2.41. The molecule has 0 spiro atoms. The number of hydrogen-bond acceptors (Lipinski definition) is 3. The third-order valence-corrected chi connectivity index (χ3v) is 4.16. The minimum absolute atomic E-state index is 0.407. The second kappa shape index (κ2) is 6.03. The van der Waals surface area contributed by atoms with Gasteiger partial charge in [-0.2, -0.15) is 0 Å². The highest BCUT2D eigenvalue weighted by Crippen LogP contribution is 2.33. The van der Waals surface area contributed by atoms with E-state index < -0.39 is 11.6 Å². The fraction of sp³-hybridized carbons (Fsp3) is 0.105. The van der Waals surface area contributed by atoms with Crippen LogP contribution in [0.3, 0.4) is 0 Å². The lowest BCUT2D eigenvalue weighted by Gasteiger charge is -2.26. The van der Waals surface area contributed by atoms with Crippen LogP contribution < -0.4 is 0 Å². The lowest BCUT2D eigenvalue weighted by molar-refractivity contribution is -0.158. The molecule has 116 valence electrons. The number of fused-ring (bicyclic) bond motifs is 1. The molecule has 0 amide bonds. The zero-order valence-electron chi connectivity index (χ0n) is 12.5. The summed E-state index contributed by atoms with van der Waals surface area (Å²) in [5.74, 6) is -0.741. The second-order valence-electron chi connectivity index (χ2n) is 5.27. The molecule has 0 fully saturated rings. The highest BCUT2D eigenvalue weighted by molar-refractivity contribution is 6.30. The Kier molecular flexibility index (Phi) is 4.07. The Morgan fingerprint density at radius 2 is 1.57 bits per heavy atom. The van der Waals surface area contributed by atoms with Crippen molar-refractivity contribution >= 4 is 28.3 Å². The lowest BCUT2D eigenvalue weighted by atomic mass is 9.85. The maximum absolute atomic E-state index is 12.4. The number of carbonyl (C=O) groups is 1. The lowest BCUT2D eigenvalue weighted by Crippen LogP contribution is -2.38. The molecule has 0 heterocycles. The molecule has 3 aromatic carbocycles. The Bertz CT molecular complexity index is 858. The van der Waals surface area contributed by atoms with E-state index in [9.17, 15) is 9.90 Å². The van der Waals surface area contributed by atoms with Crippen LogP contribution in [0.2, 0.25) is 5.02 Å². The topological polar surface area (TPSA) is 46.5 Å². The first kappa shape index (κ1) is 15.5. The number of rotatable bonds is 3. The van der Waals surface area contributed by atoms with Gasteiger partial charge in [0.1, 0.15) is 0 Å². The van der Waals surface area contributed by atoms with Crippen LogP contribution in [0.25, 0.3) is 10.8 Å². The van der Waals surface area contributed by atoms with Crippen LogP contribution in [0.5, 0.6) is 0 Å². The minimum atomic E-state index is -1.89. The Labute approximate surface area is 139 Å². The van der Waals surface area contributed by atoms with Crippen LogP contribution in [0.15, 0.2) is 66.7 Å². The fourth-order valence-electron chi connectivity index (χ4n) is 2.66. The summed E-state index contributed by atoms with van der Waals surface area (Å²) in [6, 6.07) is 19.6. The molecule has 0 unspecified atom stereocenters. The van der Waals surface area contributed by atoms with Gasteiger partial charge in [-0.3, -0.25) is 0 Å². The first-order valence-electron chi connectivity index (χ1n) is 7.12. The van der Waals surface area contributed by atoms with Gasteiger partial charge in [0, 0.05) is 10.6 Å². The maximum Gasteiger partial charge on any atom is 0.347 e. The number of ether oxygens (including phenoxy) is 1. The summed E-state index contributed by atoms with van der Waals surface area (Å²) in [7, 11) is 1.25. The SMILES string of the molecule is COC(=O)[C@@](O)(c1ccc(Cl)cc1)c1ccc2ccccc2c1. The monoisotopic (exact) mass is 326 g/mol. The van der Waals surface area contributed by atoms with Crippen molar-refractivity contribution < 1.29 is 14.6 Å². The Morgan fingerprint density at radius 3 is 2.22 bits per heavy atom. The van der Waals surface area contributed by atoms with E-state index in [4.69, 9.17) is 16.3 Å². The van der Waals surface area contributed by atoms with Crippen molar-refractivity contribution in [1.82, 2.24) is 0 Å². The zero-order valence-corrected chi connectivity index (χ0v) is 13.2. The molecule has 0 aliphatic heterocycles. The molecule has 3 rings (SSSR count). The quantitative estimate of drug-likeness (QED) is 0.742. The Balaban J connectivity index is 2.21. The zero-order chi connectivity index (χ0) is 16.4. The van der Waals surface area contributed by atoms with Crippen molar-refractivity contribution in [3.05, 3.63) is 82.9 Å². The fourth-order valence-corrected chi connectivity index (χ4v) is 2.78. The first-order chi connectivity index (χ1) is 11.1. The van der Waals surface area contributed by atoms with E-state index in [0.29, 0.717) is 16.1 Å². The third kappa shape index (κ3) is 2.69. The molecule has 0 saturated carbocycles. The van der Waals surface area contributed by atoms with Crippen LogP contribution in [0.1, 0.15) is 11.1 Å². The third-order valence-electron chi connectivity index (χ3n) is 3.91. The van der Waals surface area contributed by atoms with Gasteiger partial charge in [-0.05, 0) is 34.5 Å². The summed E-state index contributed by atoms with van der Waals surface area (Å²) >= 11 is 5.90. The van der Waals surface area contributed by atoms with Crippen molar-refractivity contribution in [3.8, 4) is 0 Å². The molecule has 0 bridgehead atoms. The molecule has 0 radical (unpaired) electrons. The molecule has 0 saturated heterocycles. The number of methoxy groups -OCH3 is 1. The summed E-state index contributed by atoms with van der Waals surface area (Å²) in [4.78, 5) is 12.4. The molecule has 3 aromatic rings. The summed E-state index contributed by atoms with van der Waals surface area (Å²) in [6.07, 6.45) is 0. The van der Waals surface area contributed by atoms with Gasteiger partial charge in [0.15, 0.2) is 0 Å². The molecule has 23 heavy (non-hydrogen) atoms. The van der Waals surface area contributed by atoms with Crippen LogP contribution in [0.4, 0.5) is 0 Å². The normalized spacial score (nSPS) is 13.5. The van der Waals surface area contributed by atoms with Crippen LogP contribution >= 0.6 is 11.6 Å². The number of esters is 1. The maximum atomic E-state index is 12.4. The summed E-state index contributed by atoms with van der Waals surface area (Å²) in [5.41, 5.74) is -1.03. The smallest absolute Gasteiger partial charge is 0.347 e. The van der Waals surface area contributed by atoms with E-state index in [-0.39, 0.29) is 0 Å². The van der Waals surface area contributed by atoms with Crippen LogP contribution in [-0.2, 0) is 15.1 Å². The van der Waals surface area contributed by atoms with Gasteiger partial charge in [-0.1, -0.05) is 60.1 Å². The molecule has 0 aromatic heterocycles. The van der Waals surface area contributed by atoms with E-state index in [0.717, 1.165) is 10.8 Å². The summed E-state index contributed by atoms with van der Waals surface area (Å²) in [5, 5.41) is 13.6. The highest BCUT2D eigenvalue weighted by atomic mass is 35.5. The molecular weight excluding hydrogens is 312 g/mol. The van der Waals surface area contributed by atoms with E-state index in [1.165, 1.54) is 7.11 Å². The summed E-state index contributed by atoms with van der Waals surface area (Å²) in [6.45, 7) is 0. The largest absolute Gasteiger partial charge is 0.466 e. The standard InChI is InChI=1S/C19H15ClO3/c1-23-18(21)19(22,15-8-10-17(20)11-9-15)16-7-6-13-4-2-3-5-14(13)12-16/h2-12,22H,1H3/t19-/m1/s1. The molecule has 0 aliphatic rings. The molecule has 1 atom stereocenters. The number of benzene rings is 3. The average Bonchev–Trinajstić information content (AvgIpc) is 2.60. The minimum Gasteiger partial charge on any atom is -0.466 e. The van der Waals surface area contributed by atoms with Gasteiger partial charge in [0.05, 0.1) is 7.11 Å². The number of halogens is 1. The summed E-state index contributed by atoms with van der Waals surface area (Å²) < 4.78 is 4.84. The van der Waals surface area contributed by atoms with Crippen molar-refractivity contribution in [2.75, 3.05) is 7.11 Å². The molecule has 1 N–H and O–H groups in total. The van der Waals surface area contributed by atoms with Gasteiger partial charge in [-0.15, -0.1) is 0 Å². The number of carbonyl (C=O) groups excluding carboxylic acids is 1. The predicted molar refractivity (Wildman–Crippen MR) is 90.4 cm³/mol. The Hall–Kier alpha value is -2.36. The molecular formula is C19H15ClO3. The van der Waals surface area contributed by atoms with E-state index in [2.05, 4.69) is 0 Å².